The van der Waals surface area contributed by atoms with E-state index in [-0.39, 0.29) is 24.6 Å². The lowest BCUT2D eigenvalue weighted by Crippen LogP contribution is -2.26. The van der Waals surface area contributed by atoms with Crippen molar-refractivity contribution < 1.29 is 29.3 Å². The number of carbonyl (C=O) groups is 2. The van der Waals surface area contributed by atoms with Gasteiger partial charge in [0.15, 0.2) is 0 Å². The summed E-state index contributed by atoms with van der Waals surface area (Å²) in [7, 11) is 2.56. The number of rotatable bonds is 26. The molecule has 0 aliphatic carbocycles. The quantitative estimate of drug-likeness (QED) is 0.0839. The monoisotopic (exact) mass is 504 g/mol. The van der Waals surface area contributed by atoms with Crippen molar-refractivity contribution in [2.45, 2.75) is 135 Å². The summed E-state index contributed by atoms with van der Waals surface area (Å²) in [4.78, 5) is 24.0. The van der Waals surface area contributed by atoms with E-state index in [9.17, 15) is 9.59 Å². The van der Waals surface area contributed by atoms with Gasteiger partial charge in [0.1, 0.15) is 12.7 Å². The van der Waals surface area contributed by atoms with Crippen LogP contribution in [0.3, 0.4) is 0 Å². The second-order valence-corrected chi connectivity index (χ2v) is 9.81. The Labute approximate surface area is 211 Å². The predicted octanol–water partition coefficient (Wildman–Crippen LogP) is 6.10. The smallest absolute Gasteiger partial charge is 0.306 e. The summed E-state index contributed by atoms with van der Waals surface area (Å²) in [6, 6.07) is 0. The van der Waals surface area contributed by atoms with Gasteiger partial charge in [-0.05, 0) is 25.7 Å². The largest absolute Gasteiger partial charge is 0.462 e. The maximum Gasteiger partial charge on any atom is 0.306 e. The van der Waals surface area contributed by atoms with Gasteiger partial charge in [0.05, 0.1) is 0 Å². The minimum absolute atomic E-state index is 0.137. The van der Waals surface area contributed by atoms with Crippen LogP contribution in [0.1, 0.15) is 128 Å². The Morgan fingerprint density at radius 2 is 0.912 bits per heavy atom. The van der Waals surface area contributed by atoms with Crippen molar-refractivity contribution in [3.05, 3.63) is 0 Å². The summed E-state index contributed by atoms with van der Waals surface area (Å²) in [6.07, 6.45) is 20.8. The molecule has 0 radical (unpaired) electrons. The number of hydrogen-bond acceptors (Lipinski definition) is 6. The average Bonchev–Trinajstić information content (AvgIpc) is 2.84. The molecule has 0 saturated carbocycles. The van der Waals surface area contributed by atoms with Crippen LogP contribution in [-0.4, -0.2) is 54.2 Å². The Balaban J connectivity index is 3.59. The van der Waals surface area contributed by atoms with Crippen LogP contribution in [0.5, 0.6) is 0 Å². The summed E-state index contributed by atoms with van der Waals surface area (Å²) in [5.41, 5.74) is 0. The molecule has 0 heterocycles. The first-order valence-electron chi connectivity index (χ1n) is 13.9. The number of esters is 2. The first kappa shape index (κ1) is 33.3. The van der Waals surface area contributed by atoms with Gasteiger partial charge in [0.2, 0.25) is 0 Å². The normalized spacial score (nSPS) is 12.0. The molecule has 0 aliphatic heterocycles. The van der Waals surface area contributed by atoms with E-state index < -0.39 is 0 Å². The van der Waals surface area contributed by atoms with Gasteiger partial charge in [-0.25, -0.2) is 0 Å². The Bertz CT molecular complexity index is 460. The van der Waals surface area contributed by atoms with Gasteiger partial charge in [0.25, 0.3) is 0 Å². The SMILES string of the molecule is O=C(CCCCCCCCCCCO)OCC(CP)OC(=O)CCCCCCCCCCCO. The van der Waals surface area contributed by atoms with E-state index in [1.54, 1.807) is 0 Å². The highest BCUT2D eigenvalue weighted by atomic mass is 31.0. The summed E-state index contributed by atoms with van der Waals surface area (Å²) in [5, 5.41) is 17.5. The molecule has 6 nitrogen and oxygen atoms in total. The molecule has 202 valence electrons. The fraction of sp³-hybridized carbons (Fsp3) is 0.926. The molecule has 0 aromatic rings. The third kappa shape index (κ3) is 24.4. The Hall–Kier alpha value is -0.710. The Kier molecular flexibility index (Phi) is 26.3. The zero-order valence-electron chi connectivity index (χ0n) is 21.7. The van der Waals surface area contributed by atoms with Crippen LogP contribution in [0.25, 0.3) is 0 Å². The number of carbonyl (C=O) groups excluding carboxylic acids is 2. The van der Waals surface area contributed by atoms with Crippen LogP contribution in [-0.2, 0) is 19.1 Å². The zero-order valence-corrected chi connectivity index (χ0v) is 22.8. The second-order valence-electron chi connectivity index (χ2n) is 9.34. The maximum absolute atomic E-state index is 12.1. The topological polar surface area (TPSA) is 93.1 Å². The molecule has 2 atom stereocenters. The third-order valence-corrected chi connectivity index (χ3v) is 6.60. The minimum Gasteiger partial charge on any atom is -0.462 e. The van der Waals surface area contributed by atoms with E-state index >= 15 is 0 Å². The van der Waals surface area contributed by atoms with Gasteiger partial charge < -0.3 is 19.7 Å². The van der Waals surface area contributed by atoms with Gasteiger partial charge in [-0.2, -0.15) is 0 Å². The summed E-state index contributed by atoms with van der Waals surface area (Å²) in [5.74, 6) is -0.413. The Morgan fingerprint density at radius 1 is 0.559 bits per heavy atom. The van der Waals surface area contributed by atoms with Gasteiger partial charge in [-0.1, -0.05) is 89.9 Å². The van der Waals surface area contributed by atoms with E-state index in [0.29, 0.717) is 32.2 Å². The van der Waals surface area contributed by atoms with E-state index in [4.69, 9.17) is 19.7 Å². The number of aliphatic hydroxyl groups excluding tert-OH is 2. The van der Waals surface area contributed by atoms with Crippen LogP contribution >= 0.6 is 9.24 Å². The molecule has 2 unspecified atom stereocenters. The molecule has 0 fully saturated rings. The highest BCUT2D eigenvalue weighted by Crippen LogP contribution is 2.13. The molecule has 0 aliphatic rings. The first-order valence-corrected chi connectivity index (χ1v) is 14.7. The lowest BCUT2D eigenvalue weighted by molar-refractivity contribution is -0.157. The van der Waals surface area contributed by atoms with Crippen molar-refractivity contribution in [1.29, 1.82) is 0 Å². The molecule has 34 heavy (non-hydrogen) atoms. The molecule has 7 heteroatoms. The van der Waals surface area contributed by atoms with Crippen LogP contribution in [0.2, 0.25) is 0 Å². The fourth-order valence-electron chi connectivity index (χ4n) is 3.89. The van der Waals surface area contributed by atoms with Crippen LogP contribution in [0.15, 0.2) is 0 Å². The number of hydrogen-bond donors (Lipinski definition) is 2. The number of unbranched alkanes of at least 4 members (excludes halogenated alkanes) is 16. The number of ether oxygens (including phenoxy) is 2. The molecule has 0 spiro atoms. The molecule has 0 bridgehead atoms. The molecule has 0 aromatic heterocycles. The van der Waals surface area contributed by atoms with Crippen molar-refractivity contribution >= 4 is 21.2 Å². The molecule has 2 N–H and O–H groups in total. The fourth-order valence-corrected chi connectivity index (χ4v) is 4.12. The molecule has 0 aromatic carbocycles. The van der Waals surface area contributed by atoms with Crippen LogP contribution in [0, 0.1) is 0 Å². The van der Waals surface area contributed by atoms with Gasteiger partial charge in [-0.15, -0.1) is 9.24 Å². The van der Waals surface area contributed by atoms with Gasteiger partial charge in [-0.3, -0.25) is 9.59 Å². The minimum atomic E-state index is -0.383. The lowest BCUT2D eigenvalue weighted by atomic mass is 10.1. The van der Waals surface area contributed by atoms with Gasteiger partial charge >= 0.3 is 11.9 Å². The van der Waals surface area contributed by atoms with Crippen molar-refractivity contribution in [2.75, 3.05) is 26.0 Å². The van der Waals surface area contributed by atoms with E-state index in [0.717, 1.165) is 64.2 Å². The van der Waals surface area contributed by atoms with Crippen molar-refractivity contribution in [1.82, 2.24) is 0 Å². The summed E-state index contributed by atoms with van der Waals surface area (Å²) >= 11 is 0. The van der Waals surface area contributed by atoms with Crippen LogP contribution < -0.4 is 0 Å². The molecule has 0 saturated heterocycles. The molecule has 0 amide bonds. The van der Waals surface area contributed by atoms with Crippen molar-refractivity contribution in [3.8, 4) is 0 Å². The highest BCUT2D eigenvalue weighted by Gasteiger charge is 2.15. The molecule has 0 rings (SSSR count). The van der Waals surface area contributed by atoms with Gasteiger partial charge in [0, 0.05) is 32.2 Å². The lowest BCUT2D eigenvalue weighted by Gasteiger charge is -2.16. The predicted molar refractivity (Wildman–Crippen MR) is 142 cm³/mol. The third-order valence-electron chi connectivity index (χ3n) is 6.07. The van der Waals surface area contributed by atoms with E-state index in [1.165, 1.54) is 51.4 Å². The highest BCUT2D eigenvalue weighted by molar-refractivity contribution is 7.16. The van der Waals surface area contributed by atoms with Crippen molar-refractivity contribution in [3.63, 3.8) is 0 Å². The van der Waals surface area contributed by atoms with E-state index in [2.05, 4.69) is 9.24 Å². The standard InChI is InChI=1S/C27H53O6P/c28-21-17-13-9-5-1-3-7-11-15-19-26(30)32-23-25(24-34)33-27(31)20-16-12-8-4-2-6-10-14-18-22-29/h25,28-29H,1-24,34H2. The summed E-state index contributed by atoms with van der Waals surface area (Å²) in [6.45, 7) is 0.730. The average molecular weight is 505 g/mol. The van der Waals surface area contributed by atoms with Crippen molar-refractivity contribution in [2.24, 2.45) is 0 Å². The summed E-state index contributed by atoms with van der Waals surface area (Å²) < 4.78 is 10.8. The first-order chi connectivity index (χ1) is 16.6. The van der Waals surface area contributed by atoms with Crippen LogP contribution in [0.4, 0.5) is 0 Å². The number of aliphatic hydroxyl groups is 2. The zero-order chi connectivity index (χ0) is 25.1. The molecular weight excluding hydrogens is 451 g/mol. The Morgan fingerprint density at radius 3 is 1.29 bits per heavy atom. The molecular formula is C27H53O6P. The van der Waals surface area contributed by atoms with E-state index in [1.807, 2.05) is 0 Å². The second kappa shape index (κ2) is 26.9. The maximum atomic E-state index is 12.1.